The lowest BCUT2D eigenvalue weighted by Crippen LogP contribution is -1.95. The van der Waals surface area contributed by atoms with Gasteiger partial charge in [-0.3, -0.25) is 9.97 Å². The minimum absolute atomic E-state index is 0.535. The normalized spacial score (nSPS) is 11.1. The van der Waals surface area contributed by atoms with Gasteiger partial charge >= 0.3 is 0 Å². The topological polar surface area (TPSA) is 66.6 Å². The zero-order valence-electron chi connectivity index (χ0n) is 18.3. The number of methoxy groups -OCH3 is 3. The Bertz CT molecular complexity index is 1430. The van der Waals surface area contributed by atoms with Gasteiger partial charge in [-0.25, -0.2) is 0 Å². The molecule has 0 radical (unpaired) electrons. The summed E-state index contributed by atoms with van der Waals surface area (Å²) in [5.41, 5.74) is 6.41. The van der Waals surface area contributed by atoms with Crippen LogP contribution in [0.3, 0.4) is 0 Å². The van der Waals surface area contributed by atoms with Crippen molar-refractivity contribution in [3.63, 3.8) is 0 Å². The predicted octanol–water partition coefficient (Wildman–Crippen LogP) is 6.04. The maximum atomic E-state index is 6.36. The fraction of sp³-hybridized carbons (Fsp3) is 0.154. The molecule has 0 aliphatic carbocycles. The van der Waals surface area contributed by atoms with E-state index in [-0.39, 0.29) is 0 Å². The van der Waals surface area contributed by atoms with E-state index in [1.165, 1.54) is 0 Å². The van der Waals surface area contributed by atoms with Crippen LogP contribution in [0.15, 0.2) is 65.3 Å². The summed E-state index contributed by atoms with van der Waals surface area (Å²) in [7, 11) is 4.77. The summed E-state index contributed by atoms with van der Waals surface area (Å²) < 4.78 is 22.8. The Morgan fingerprint density at radius 3 is 2.28 bits per heavy atom. The van der Waals surface area contributed by atoms with Crippen molar-refractivity contribution in [2.75, 3.05) is 21.3 Å². The average molecular weight is 426 g/mol. The molecule has 0 unspecified atom stereocenters. The lowest BCUT2D eigenvalue weighted by atomic mass is 9.98. The second kappa shape index (κ2) is 7.89. The molecule has 0 spiro atoms. The van der Waals surface area contributed by atoms with Gasteiger partial charge in [0, 0.05) is 35.0 Å². The summed E-state index contributed by atoms with van der Waals surface area (Å²) in [5, 5.41) is 1.07. The Kier molecular flexibility index (Phi) is 4.90. The van der Waals surface area contributed by atoms with Crippen molar-refractivity contribution in [2.45, 2.75) is 6.92 Å². The molecular weight excluding hydrogens is 404 g/mol. The zero-order valence-corrected chi connectivity index (χ0v) is 18.3. The number of fused-ring (bicyclic) bond motifs is 2. The zero-order chi connectivity index (χ0) is 22.2. The van der Waals surface area contributed by atoms with Crippen molar-refractivity contribution in [3.05, 3.63) is 66.5 Å². The van der Waals surface area contributed by atoms with E-state index in [1.807, 2.05) is 36.5 Å². The molecule has 0 fully saturated rings. The number of hydrogen-bond donors (Lipinski definition) is 0. The monoisotopic (exact) mass is 426 g/mol. The number of aromatic nitrogens is 2. The molecule has 0 saturated heterocycles. The molecule has 3 aromatic heterocycles. The summed E-state index contributed by atoms with van der Waals surface area (Å²) >= 11 is 0. The van der Waals surface area contributed by atoms with Crippen LogP contribution in [0.25, 0.3) is 44.5 Å². The number of hydrogen-bond acceptors (Lipinski definition) is 6. The Labute approximate surface area is 185 Å². The summed E-state index contributed by atoms with van der Waals surface area (Å²) in [4.78, 5) is 9.10. The van der Waals surface area contributed by atoms with E-state index in [9.17, 15) is 0 Å². The Morgan fingerprint density at radius 2 is 1.56 bits per heavy atom. The van der Waals surface area contributed by atoms with Crippen LogP contribution < -0.4 is 14.2 Å². The van der Waals surface area contributed by atoms with Crippen LogP contribution in [-0.2, 0) is 0 Å². The van der Waals surface area contributed by atoms with Crippen LogP contribution in [-0.4, -0.2) is 31.3 Å². The molecule has 6 heteroatoms. The third-order valence-corrected chi connectivity index (χ3v) is 5.62. The van der Waals surface area contributed by atoms with E-state index < -0.39 is 0 Å². The first-order valence-corrected chi connectivity index (χ1v) is 10.2. The van der Waals surface area contributed by atoms with Gasteiger partial charge in [-0.1, -0.05) is 18.2 Å². The number of pyridine rings is 2. The standard InChI is InChI=1S/C26H22N2O4/c1-15-7-8-17(18-6-5-10-28-24(15)18)19-9-11-27-20-14-21(32-25(19)20)16-12-22(29-2)26(31-4)23(13-16)30-3/h5-14H,1-4H3. The van der Waals surface area contributed by atoms with Crippen LogP contribution >= 0.6 is 0 Å². The van der Waals surface area contributed by atoms with Crippen molar-refractivity contribution in [1.29, 1.82) is 0 Å². The predicted molar refractivity (Wildman–Crippen MR) is 125 cm³/mol. The Balaban J connectivity index is 1.72. The van der Waals surface area contributed by atoms with Gasteiger partial charge in [0.05, 0.1) is 26.8 Å². The maximum absolute atomic E-state index is 6.36. The highest BCUT2D eigenvalue weighted by Gasteiger charge is 2.19. The molecule has 5 rings (SSSR count). The Morgan fingerprint density at radius 1 is 0.781 bits per heavy atom. The molecule has 0 aliphatic rings. The third kappa shape index (κ3) is 3.12. The van der Waals surface area contributed by atoms with Crippen LogP contribution in [0.4, 0.5) is 0 Å². The second-order valence-electron chi connectivity index (χ2n) is 7.43. The molecule has 0 amide bonds. The van der Waals surface area contributed by atoms with Crippen LogP contribution in [0.5, 0.6) is 17.2 Å². The van der Waals surface area contributed by atoms with Crippen molar-refractivity contribution in [3.8, 4) is 39.7 Å². The number of rotatable bonds is 5. The smallest absolute Gasteiger partial charge is 0.203 e. The molecule has 160 valence electrons. The first kappa shape index (κ1) is 19.9. The fourth-order valence-corrected chi connectivity index (χ4v) is 4.06. The van der Waals surface area contributed by atoms with E-state index in [1.54, 1.807) is 27.5 Å². The van der Waals surface area contributed by atoms with Gasteiger partial charge in [-0.2, -0.15) is 0 Å². The molecule has 0 atom stereocenters. The first-order chi connectivity index (χ1) is 15.6. The lowest BCUT2D eigenvalue weighted by Gasteiger charge is -2.13. The number of benzene rings is 2. The van der Waals surface area contributed by atoms with Crippen molar-refractivity contribution in [2.24, 2.45) is 0 Å². The number of aryl methyl sites for hydroxylation is 1. The van der Waals surface area contributed by atoms with Crippen molar-refractivity contribution in [1.82, 2.24) is 9.97 Å². The molecule has 32 heavy (non-hydrogen) atoms. The average Bonchev–Trinajstić information content (AvgIpc) is 3.28. The molecule has 0 aliphatic heterocycles. The second-order valence-corrected chi connectivity index (χ2v) is 7.43. The fourth-order valence-electron chi connectivity index (χ4n) is 4.06. The number of nitrogens with zero attached hydrogens (tertiary/aromatic N) is 2. The molecule has 5 aromatic rings. The summed E-state index contributed by atoms with van der Waals surface area (Å²) in [6.45, 7) is 2.07. The van der Waals surface area contributed by atoms with Crippen LogP contribution in [0.2, 0.25) is 0 Å². The van der Waals surface area contributed by atoms with Gasteiger partial charge in [0.15, 0.2) is 17.1 Å². The summed E-state index contributed by atoms with van der Waals surface area (Å²) in [6.07, 6.45) is 3.62. The van der Waals surface area contributed by atoms with Gasteiger partial charge in [-0.15, -0.1) is 0 Å². The number of ether oxygens (including phenoxy) is 3. The van der Waals surface area contributed by atoms with E-state index >= 15 is 0 Å². The van der Waals surface area contributed by atoms with E-state index in [4.69, 9.17) is 18.6 Å². The highest BCUT2D eigenvalue weighted by Crippen LogP contribution is 2.43. The summed E-state index contributed by atoms with van der Waals surface area (Å²) in [5.74, 6) is 2.32. The van der Waals surface area contributed by atoms with Crippen LogP contribution in [0.1, 0.15) is 5.56 Å². The lowest BCUT2D eigenvalue weighted by molar-refractivity contribution is 0.324. The quantitative estimate of drug-likeness (QED) is 0.341. The van der Waals surface area contributed by atoms with Gasteiger partial charge in [0.2, 0.25) is 5.75 Å². The molecule has 0 N–H and O–H groups in total. The minimum Gasteiger partial charge on any atom is -0.493 e. The van der Waals surface area contributed by atoms with Gasteiger partial charge < -0.3 is 18.6 Å². The van der Waals surface area contributed by atoms with Crippen molar-refractivity contribution >= 4 is 22.0 Å². The summed E-state index contributed by atoms with van der Waals surface area (Å²) in [6, 6.07) is 15.9. The van der Waals surface area contributed by atoms with Crippen LogP contribution in [0, 0.1) is 6.92 Å². The number of furan rings is 1. The Hall–Kier alpha value is -4.06. The highest BCUT2D eigenvalue weighted by atomic mass is 16.5. The molecule has 6 nitrogen and oxygen atoms in total. The molecule has 0 bridgehead atoms. The SMILES string of the molecule is COc1cc(-c2cc3nccc(-c4ccc(C)c5ncccc45)c3o2)cc(OC)c1OC. The van der Waals surface area contributed by atoms with Gasteiger partial charge in [0.25, 0.3) is 0 Å². The maximum Gasteiger partial charge on any atom is 0.203 e. The minimum atomic E-state index is 0.535. The third-order valence-electron chi connectivity index (χ3n) is 5.62. The van der Waals surface area contributed by atoms with Gasteiger partial charge in [-0.05, 0) is 42.3 Å². The molecular formula is C26H22N2O4. The highest BCUT2D eigenvalue weighted by molar-refractivity contribution is 6.03. The molecule has 2 aromatic carbocycles. The first-order valence-electron chi connectivity index (χ1n) is 10.2. The molecule has 0 saturated carbocycles. The van der Waals surface area contributed by atoms with E-state index in [2.05, 4.69) is 35.1 Å². The van der Waals surface area contributed by atoms with E-state index in [0.717, 1.165) is 38.7 Å². The van der Waals surface area contributed by atoms with Gasteiger partial charge in [0.1, 0.15) is 11.3 Å². The van der Waals surface area contributed by atoms with E-state index in [0.29, 0.717) is 28.6 Å². The largest absolute Gasteiger partial charge is 0.493 e. The van der Waals surface area contributed by atoms with Crippen molar-refractivity contribution < 1.29 is 18.6 Å². The molecule has 3 heterocycles.